The highest BCUT2D eigenvalue weighted by atomic mass is 15.1. The lowest BCUT2D eigenvalue weighted by molar-refractivity contribution is 1.17. The zero-order valence-corrected chi connectivity index (χ0v) is 34.3. The second kappa shape index (κ2) is 15.2. The summed E-state index contributed by atoms with van der Waals surface area (Å²) in [6.45, 7) is 0. The first kappa shape index (κ1) is 36.3. The molecule has 4 aromatic heterocycles. The van der Waals surface area contributed by atoms with Gasteiger partial charge in [-0.05, 0) is 161 Å². The van der Waals surface area contributed by atoms with Gasteiger partial charge in [0.05, 0.1) is 22.1 Å². The van der Waals surface area contributed by atoms with E-state index in [9.17, 15) is 0 Å². The smallest absolute Gasteiger partial charge is 0.0541 e. The van der Waals surface area contributed by atoms with Crippen molar-refractivity contribution in [3.63, 3.8) is 0 Å². The molecule has 0 aliphatic carbocycles. The number of nitrogens with zero attached hydrogens (tertiary/aromatic N) is 5. The maximum Gasteiger partial charge on any atom is 0.0541 e. The first-order valence-corrected chi connectivity index (χ1v) is 21.3. The molecule has 4 heterocycles. The lowest BCUT2D eigenvalue weighted by Gasteiger charge is -2.25. The van der Waals surface area contributed by atoms with E-state index in [1.807, 2.05) is 24.8 Å². The van der Waals surface area contributed by atoms with E-state index < -0.39 is 0 Å². The Bertz CT molecular complexity index is 3500. The van der Waals surface area contributed by atoms with Gasteiger partial charge in [0.15, 0.2) is 0 Å². The highest BCUT2D eigenvalue weighted by Gasteiger charge is 2.18. The lowest BCUT2D eigenvalue weighted by Crippen LogP contribution is -2.09. The maximum absolute atomic E-state index is 4.29. The molecule has 12 aromatic rings. The molecule has 0 amide bonds. The van der Waals surface area contributed by atoms with E-state index >= 15 is 0 Å². The van der Waals surface area contributed by atoms with Crippen molar-refractivity contribution in [2.24, 2.45) is 0 Å². The monoisotopic (exact) mass is 805 g/mol. The van der Waals surface area contributed by atoms with Gasteiger partial charge in [0.2, 0.25) is 0 Å². The van der Waals surface area contributed by atoms with Gasteiger partial charge in [0.1, 0.15) is 0 Å². The number of fused-ring (bicyclic) bond motifs is 6. The van der Waals surface area contributed by atoms with E-state index in [1.54, 1.807) is 0 Å². The first-order valence-electron chi connectivity index (χ1n) is 21.3. The number of aromatic nitrogens is 4. The van der Waals surface area contributed by atoms with Gasteiger partial charge in [-0.1, -0.05) is 84.9 Å². The van der Waals surface area contributed by atoms with Gasteiger partial charge in [-0.15, -0.1) is 0 Å². The van der Waals surface area contributed by atoms with Gasteiger partial charge in [0.25, 0.3) is 0 Å². The van der Waals surface area contributed by atoms with Crippen molar-refractivity contribution in [1.82, 2.24) is 19.1 Å². The summed E-state index contributed by atoms with van der Waals surface area (Å²) in [5.41, 5.74) is 17.1. The van der Waals surface area contributed by atoms with Crippen molar-refractivity contribution in [2.45, 2.75) is 0 Å². The van der Waals surface area contributed by atoms with Gasteiger partial charge in [-0.25, -0.2) is 0 Å². The normalized spacial score (nSPS) is 11.5. The van der Waals surface area contributed by atoms with Crippen LogP contribution in [-0.4, -0.2) is 19.1 Å². The number of hydrogen-bond acceptors (Lipinski definition) is 3. The molecule has 0 saturated heterocycles. The van der Waals surface area contributed by atoms with Gasteiger partial charge in [0, 0.05) is 74.8 Å². The summed E-state index contributed by atoms with van der Waals surface area (Å²) < 4.78 is 4.80. The fraction of sp³-hybridized carbons (Fsp3) is 0. The third-order valence-electron chi connectivity index (χ3n) is 12.3. The molecule has 296 valence electrons. The molecule has 0 radical (unpaired) electrons. The summed E-state index contributed by atoms with van der Waals surface area (Å²) >= 11 is 0. The number of hydrogen-bond donors (Lipinski definition) is 0. The van der Waals surface area contributed by atoms with E-state index in [2.05, 4.69) is 236 Å². The summed E-state index contributed by atoms with van der Waals surface area (Å²) in [7, 11) is 0. The van der Waals surface area contributed by atoms with Gasteiger partial charge in [-0.2, -0.15) is 0 Å². The summed E-state index contributed by atoms with van der Waals surface area (Å²) in [6, 6.07) is 76.6. The zero-order chi connectivity index (χ0) is 41.7. The van der Waals surface area contributed by atoms with Crippen LogP contribution in [0.5, 0.6) is 0 Å². The molecule has 0 bridgehead atoms. The van der Waals surface area contributed by atoms with Crippen molar-refractivity contribution in [2.75, 3.05) is 4.90 Å². The Morgan fingerprint density at radius 2 is 0.683 bits per heavy atom. The number of anilines is 3. The molecule has 8 aromatic carbocycles. The topological polar surface area (TPSA) is 38.9 Å². The van der Waals surface area contributed by atoms with Gasteiger partial charge < -0.3 is 14.0 Å². The van der Waals surface area contributed by atoms with Gasteiger partial charge in [-0.3, -0.25) is 9.97 Å². The molecule has 0 fully saturated rings. The molecule has 0 unspecified atom stereocenters. The fourth-order valence-electron chi connectivity index (χ4n) is 9.38. The first-order chi connectivity index (χ1) is 31.2. The molecule has 0 N–H and O–H groups in total. The molecule has 5 heteroatoms. The van der Waals surface area contributed by atoms with Crippen LogP contribution in [-0.2, 0) is 0 Å². The Morgan fingerprint density at radius 3 is 1.17 bits per heavy atom. The minimum absolute atomic E-state index is 1.10. The molecule has 0 aliphatic heterocycles. The summed E-state index contributed by atoms with van der Waals surface area (Å²) in [6.07, 6.45) is 7.42. The quantitative estimate of drug-likeness (QED) is 0.154. The summed E-state index contributed by atoms with van der Waals surface area (Å²) in [5.74, 6) is 0. The Hall–Kier alpha value is -8.54. The van der Waals surface area contributed by atoms with Gasteiger partial charge >= 0.3 is 0 Å². The second-order valence-electron chi connectivity index (χ2n) is 15.9. The molecule has 0 atom stereocenters. The third-order valence-corrected chi connectivity index (χ3v) is 12.3. The number of para-hydroxylation sites is 4. The van der Waals surface area contributed by atoms with E-state index in [1.165, 1.54) is 43.7 Å². The number of pyridine rings is 2. The summed E-state index contributed by atoms with van der Waals surface area (Å²) in [5, 5.41) is 4.88. The standard InChI is InChI=1S/C58H39N5/c1-3-11-46(12-4-1)61(47-13-5-2-6-14-47)48-21-23-49(24-22-48)62-55-17-9-7-15-51(55)53-38-42(19-25-57(53)62)43-20-26-58-54(39-43)52-16-8-10-18-56(52)63(58)50-36-44(40-27-31-59-32-28-40)35-45(37-50)41-29-33-60-34-30-41/h1-39H. The van der Waals surface area contributed by atoms with Crippen LogP contribution < -0.4 is 4.90 Å². The van der Waals surface area contributed by atoms with Crippen LogP contribution in [0.25, 0.3) is 88.4 Å². The van der Waals surface area contributed by atoms with Crippen molar-refractivity contribution < 1.29 is 0 Å². The molecule has 0 aliphatic rings. The highest BCUT2D eigenvalue weighted by Crippen LogP contribution is 2.41. The van der Waals surface area contributed by atoms with Crippen LogP contribution in [0.4, 0.5) is 17.1 Å². The van der Waals surface area contributed by atoms with Crippen LogP contribution >= 0.6 is 0 Å². The highest BCUT2D eigenvalue weighted by molar-refractivity contribution is 6.13. The van der Waals surface area contributed by atoms with Crippen molar-refractivity contribution in [3.05, 3.63) is 237 Å². The Morgan fingerprint density at radius 1 is 0.270 bits per heavy atom. The minimum atomic E-state index is 1.10. The van der Waals surface area contributed by atoms with Crippen molar-refractivity contribution in [3.8, 4) is 44.8 Å². The lowest BCUT2D eigenvalue weighted by atomic mass is 9.99. The van der Waals surface area contributed by atoms with E-state index in [0.717, 1.165) is 61.7 Å². The molecule has 0 saturated carbocycles. The molecule has 0 spiro atoms. The van der Waals surface area contributed by atoms with E-state index in [-0.39, 0.29) is 0 Å². The predicted molar refractivity (Wildman–Crippen MR) is 262 cm³/mol. The van der Waals surface area contributed by atoms with Crippen LogP contribution in [0.2, 0.25) is 0 Å². The molecule has 63 heavy (non-hydrogen) atoms. The van der Waals surface area contributed by atoms with Crippen LogP contribution in [0, 0.1) is 0 Å². The average molecular weight is 806 g/mol. The Kier molecular flexibility index (Phi) is 8.75. The van der Waals surface area contributed by atoms with E-state index in [4.69, 9.17) is 0 Å². The van der Waals surface area contributed by atoms with Crippen LogP contribution in [0.15, 0.2) is 237 Å². The second-order valence-corrected chi connectivity index (χ2v) is 15.9. The fourth-order valence-corrected chi connectivity index (χ4v) is 9.38. The van der Waals surface area contributed by atoms with Crippen molar-refractivity contribution >= 4 is 60.7 Å². The predicted octanol–water partition coefficient (Wildman–Crippen LogP) is 15.1. The minimum Gasteiger partial charge on any atom is -0.311 e. The number of benzene rings is 8. The van der Waals surface area contributed by atoms with E-state index in [0.29, 0.717) is 0 Å². The molecular weight excluding hydrogens is 767 g/mol. The number of rotatable bonds is 8. The van der Waals surface area contributed by atoms with Crippen molar-refractivity contribution in [1.29, 1.82) is 0 Å². The maximum atomic E-state index is 4.29. The van der Waals surface area contributed by atoms with Crippen LogP contribution in [0.1, 0.15) is 0 Å². The largest absolute Gasteiger partial charge is 0.311 e. The average Bonchev–Trinajstić information content (AvgIpc) is 3.88. The Balaban J connectivity index is 0.968. The van der Waals surface area contributed by atoms with Crippen LogP contribution in [0.3, 0.4) is 0 Å². The zero-order valence-electron chi connectivity index (χ0n) is 34.3. The molecular formula is C58H39N5. The Labute approximate surface area is 365 Å². The summed E-state index contributed by atoms with van der Waals surface area (Å²) in [4.78, 5) is 10.9. The molecule has 5 nitrogen and oxygen atoms in total. The molecule has 12 rings (SSSR count). The SMILES string of the molecule is c1ccc(N(c2ccccc2)c2ccc(-n3c4ccccc4c4cc(-c5ccc6c(c5)c5ccccc5n6-c5cc(-c6ccncc6)cc(-c6ccncc6)c5)ccc43)cc2)cc1. The third kappa shape index (κ3) is 6.34.